The second-order valence-corrected chi connectivity index (χ2v) is 10.4. The molecule has 0 aliphatic carbocycles. The van der Waals surface area contributed by atoms with Gasteiger partial charge < -0.3 is 13.9 Å². The molecule has 0 radical (unpaired) electrons. The summed E-state index contributed by atoms with van der Waals surface area (Å²) in [6.07, 6.45) is 1.57. The summed E-state index contributed by atoms with van der Waals surface area (Å²) in [6, 6.07) is 16.2. The summed E-state index contributed by atoms with van der Waals surface area (Å²) in [4.78, 5) is 12.5. The normalized spacial score (nSPS) is 11.2. The monoisotopic (exact) mass is 734 g/mol. The minimum absolute atomic E-state index is 0.166. The number of nitrogens with zero attached hydrogens (tertiary/aromatic N) is 1. The highest BCUT2D eigenvalue weighted by Gasteiger charge is 2.13. The van der Waals surface area contributed by atoms with Crippen LogP contribution in [0.15, 0.2) is 64.1 Å². The molecule has 0 fully saturated rings. The number of benzene rings is 3. The third-order valence-corrected chi connectivity index (χ3v) is 7.00. The lowest BCUT2D eigenvalue weighted by molar-refractivity contribution is 0.0929. The number of rotatable bonds is 8. The lowest BCUT2D eigenvalue weighted by Crippen LogP contribution is -2.16. The number of carbonyl (C=O) groups excluding carboxylic acids is 1. The molecule has 0 saturated heterocycles. The number of nitrogens with one attached hydrogen (secondary N) is 1. The Hall–Kier alpha value is -2.02. The van der Waals surface area contributed by atoms with E-state index in [4.69, 9.17) is 37.1 Å². The van der Waals surface area contributed by atoms with Crippen molar-refractivity contribution in [3.8, 4) is 11.5 Å². The summed E-state index contributed by atoms with van der Waals surface area (Å²) in [5.41, 5.74) is 4.75. The topological polar surface area (TPSA) is 73.1 Å². The van der Waals surface area contributed by atoms with Gasteiger partial charge in [0.2, 0.25) is 0 Å². The predicted octanol–water partition coefficient (Wildman–Crippen LogP) is 7.69. The zero-order chi connectivity index (χ0) is 24.9. The summed E-state index contributed by atoms with van der Waals surface area (Å²) >= 11 is 16.6. The predicted molar refractivity (Wildman–Crippen MR) is 155 cm³/mol. The maximum absolute atomic E-state index is 12.5. The molecule has 180 valence electrons. The molecule has 0 aliphatic heterocycles. The van der Waals surface area contributed by atoms with Crippen molar-refractivity contribution in [1.29, 1.82) is 0 Å². The van der Waals surface area contributed by atoms with Gasteiger partial charge in [-0.3, -0.25) is 4.79 Å². The average Bonchev–Trinajstić information content (AvgIpc) is 3.23. The fraction of sp³-hybridized carbons (Fsp3) is 0.120. The van der Waals surface area contributed by atoms with E-state index in [9.17, 15) is 4.79 Å². The van der Waals surface area contributed by atoms with Crippen LogP contribution in [0.1, 0.15) is 28.6 Å². The average molecular weight is 735 g/mol. The number of ether oxygens (including phenoxy) is 2. The number of furan rings is 1. The van der Waals surface area contributed by atoms with Crippen molar-refractivity contribution < 1.29 is 18.7 Å². The van der Waals surface area contributed by atoms with Crippen molar-refractivity contribution >= 4 is 91.5 Å². The Labute approximate surface area is 239 Å². The number of hydrogen-bond acceptors (Lipinski definition) is 5. The van der Waals surface area contributed by atoms with Gasteiger partial charge in [0.25, 0.3) is 0 Å². The Morgan fingerprint density at radius 1 is 1.06 bits per heavy atom. The van der Waals surface area contributed by atoms with Gasteiger partial charge in [-0.1, -0.05) is 29.3 Å². The highest BCUT2D eigenvalue weighted by atomic mass is 127. The van der Waals surface area contributed by atoms with Crippen molar-refractivity contribution in [3.05, 3.63) is 88.7 Å². The maximum atomic E-state index is 12.5. The van der Waals surface area contributed by atoms with Gasteiger partial charge in [0.05, 0.1) is 20.0 Å². The molecule has 0 spiro atoms. The summed E-state index contributed by atoms with van der Waals surface area (Å²) in [6.45, 7) is 2.79. The molecule has 0 atom stereocenters. The third kappa shape index (κ3) is 6.60. The van der Waals surface area contributed by atoms with Crippen LogP contribution in [-0.4, -0.2) is 18.7 Å². The molecule has 10 heteroatoms. The molecule has 35 heavy (non-hydrogen) atoms. The molecule has 0 unspecified atom stereocenters. The van der Waals surface area contributed by atoms with Crippen LogP contribution in [0.4, 0.5) is 0 Å². The van der Waals surface area contributed by atoms with Crippen LogP contribution >= 0.6 is 68.4 Å². The van der Waals surface area contributed by atoms with Crippen LogP contribution in [0, 0.1) is 7.14 Å². The number of carbonyl (C=O) groups is 1. The van der Waals surface area contributed by atoms with Gasteiger partial charge in [0.15, 0.2) is 5.76 Å². The number of halogens is 4. The van der Waals surface area contributed by atoms with Gasteiger partial charge in [-0.15, -0.1) is 0 Å². The lowest BCUT2D eigenvalue weighted by atomic mass is 10.2. The van der Waals surface area contributed by atoms with Crippen LogP contribution in [-0.2, 0) is 6.61 Å². The number of hydrogen-bond donors (Lipinski definition) is 1. The molecule has 0 bridgehead atoms. The molecular weight excluding hydrogens is 717 g/mol. The third-order valence-electron chi connectivity index (χ3n) is 4.81. The van der Waals surface area contributed by atoms with E-state index in [1.807, 2.05) is 31.2 Å². The summed E-state index contributed by atoms with van der Waals surface area (Å²) < 4.78 is 18.9. The number of fused-ring (bicyclic) bond motifs is 1. The summed E-state index contributed by atoms with van der Waals surface area (Å²) in [7, 11) is 0. The standard InChI is InChI=1S/C25H18Cl2I2N2O4/c1-2-33-18-5-6-22-16(9-18)10-23(35-22)25(32)31-30-12-14-7-20(28)24(21(29)8-14)34-13-15-3-4-17(26)11-19(15)27/h3-12H,2,13H2,1H3,(H,31,32)/b30-12+. The van der Waals surface area contributed by atoms with Crippen LogP contribution in [0.2, 0.25) is 10.0 Å². The van der Waals surface area contributed by atoms with Crippen LogP contribution < -0.4 is 14.9 Å². The smallest absolute Gasteiger partial charge is 0.307 e. The molecule has 0 aliphatic rings. The van der Waals surface area contributed by atoms with Crippen molar-refractivity contribution in [2.45, 2.75) is 13.5 Å². The minimum atomic E-state index is -0.445. The second-order valence-electron chi connectivity index (χ2n) is 7.28. The molecule has 0 saturated carbocycles. The first-order chi connectivity index (χ1) is 16.8. The largest absolute Gasteiger partial charge is 0.494 e. The molecule has 3 aromatic carbocycles. The summed E-state index contributed by atoms with van der Waals surface area (Å²) in [5.74, 6) is 1.19. The Balaban J connectivity index is 1.40. The first-order valence-electron chi connectivity index (χ1n) is 10.4. The molecule has 4 rings (SSSR count). The number of amides is 1. The van der Waals surface area contributed by atoms with E-state index in [-0.39, 0.29) is 5.76 Å². The van der Waals surface area contributed by atoms with Crippen LogP contribution in [0.3, 0.4) is 0 Å². The van der Waals surface area contributed by atoms with Crippen molar-refractivity contribution in [2.75, 3.05) is 6.61 Å². The van der Waals surface area contributed by atoms with E-state index < -0.39 is 5.91 Å². The maximum Gasteiger partial charge on any atom is 0.307 e. The molecule has 1 aromatic heterocycles. The van der Waals surface area contributed by atoms with Gasteiger partial charge in [-0.2, -0.15) is 5.10 Å². The molecule has 1 heterocycles. The molecule has 4 aromatic rings. The fourth-order valence-corrected chi connectivity index (χ4v) is 5.78. The quantitative estimate of drug-likeness (QED) is 0.115. The molecular formula is C25H18Cl2I2N2O4. The van der Waals surface area contributed by atoms with Gasteiger partial charge in [-0.25, -0.2) is 5.43 Å². The highest BCUT2D eigenvalue weighted by Crippen LogP contribution is 2.30. The lowest BCUT2D eigenvalue weighted by Gasteiger charge is -2.12. The molecule has 6 nitrogen and oxygen atoms in total. The van der Waals surface area contributed by atoms with E-state index in [0.717, 1.165) is 35.2 Å². The Bertz CT molecular complexity index is 1400. The van der Waals surface area contributed by atoms with E-state index in [2.05, 4.69) is 55.7 Å². The SMILES string of the molecule is CCOc1ccc2oc(C(=O)N/N=C/c3cc(I)c(OCc4ccc(Cl)cc4Cl)c(I)c3)cc2c1. The fourth-order valence-electron chi connectivity index (χ4n) is 3.19. The van der Waals surface area contributed by atoms with Crippen molar-refractivity contribution in [2.24, 2.45) is 5.10 Å². The zero-order valence-corrected chi connectivity index (χ0v) is 24.1. The van der Waals surface area contributed by atoms with E-state index >= 15 is 0 Å². The first-order valence-corrected chi connectivity index (χ1v) is 13.3. The first kappa shape index (κ1) is 26.1. The van der Waals surface area contributed by atoms with Gasteiger partial charge in [0.1, 0.15) is 23.7 Å². The van der Waals surface area contributed by atoms with Gasteiger partial charge in [-0.05, 0) is 106 Å². The Kier molecular flexibility index (Phi) is 8.79. The van der Waals surface area contributed by atoms with Crippen LogP contribution in [0.5, 0.6) is 11.5 Å². The van der Waals surface area contributed by atoms with E-state index in [1.165, 1.54) is 0 Å². The highest BCUT2D eigenvalue weighted by molar-refractivity contribution is 14.1. The van der Waals surface area contributed by atoms with Gasteiger partial charge in [0, 0.05) is 21.0 Å². The minimum Gasteiger partial charge on any atom is -0.494 e. The summed E-state index contributed by atoms with van der Waals surface area (Å²) in [5, 5.41) is 5.99. The zero-order valence-electron chi connectivity index (χ0n) is 18.3. The van der Waals surface area contributed by atoms with E-state index in [1.54, 1.807) is 36.5 Å². The number of hydrazone groups is 1. The van der Waals surface area contributed by atoms with E-state index in [0.29, 0.717) is 28.8 Å². The second kappa shape index (κ2) is 11.8. The molecule has 1 N–H and O–H groups in total. The van der Waals surface area contributed by atoms with Gasteiger partial charge >= 0.3 is 5.91 Å². The van der Waals surface area contributed by atoms with Crippen molar-refractivity contribution in [1.82, 2.24) is 5.43 Å². The molecule has 1 amide bonds. The van der Waals surface area contributed by atoms with Crippen molar-refractivity contribution in [3.63, 3.8) is 0 Å². The Morgan fingerprint density at radius 3 is 2.54 bits per heavy atom. The van der Waals surface area contributed by atoms with Crippen LogP contribution in [0.25, 0.3) is 11.0 Å². The Morgan fingerprint density at radius 2 is 1.83 bits per heavy atom.